The van der Waals surface area contributed by atoms with Gasteiger partial charge in [-0.15, -0.1) is 0 Å². The number of ketones is 1. The lowest BCUT2D eigenvalue weighted by molar-refractivity contribution is -0.136. The van der Waals surface area contributed by atoms with Gasteiger partial charge in [0.05, 0.1) is 5.69 Å². The van der Waals surface area contributed by atoms with Crippen LogP contribution in [0.5, 0.6) is 0 Å². The smallest absolute Gasteiger partial charge is 0.292 e. The number of anilines is 3. The Morgan fingerprint density at radius 2 is 1.84 bits per heavy atom. The highest BCUT2D eigenvalue weighted by Gasteiger charge is 2.18. The second-order valence-electron chi connectivity index (χ2n) is 6.94. The van der Waals surface area contributed by atoms with Crippen molar-refractivity contribution in [2.75, 3.05) is 10.6 Å². The molecule has 3 N–H and O–H groups in total. The third-order valence-corrected chi connectivity index (χ3v) is 4.53. The van der Waals surface area contributed by atoms with E-state index < -0.39 is 23.2 Å². The van der Waals surface area contributed by atoms with Crippen molar-refractivity contribution < 1.29 is 9.59 Å². The van der Waals surface area contributed by atoms with E-state index in [2.05, 4.69) is 20.6 Å². The standard InChI is InChI=1S/C22H18ClN5O3/c1-12(2)19(29)21(31)25-16-5-3-4-13(10-16)18-17(11-24)20(30)28-22(27-18)26-15-8-6-14(23)7-9-15/h3-10,12H,1-2H3,(H,25,31)(H2,26,27,28,30). The van der Waals surface area contributed by atoms with Crippen LogP contribution in [0.1, 0.15) is 19.4 Å². The minimum Gasteiger partial charge on any atom is -0.326 e. The molecule has 0 aliphatic carbocycles. The molecule has 0 fully saturated rings. The Kier molecular flexibility index (Phi) is 6.48. The summed E-state index contributed by atoms with van der Waals surface area (Å²) in [5, 5.41) is 15.5. The highest BCUT2D eigenvalue weighted by atomic mass is 35.5. The Morgan fingerprint density at radius 3 is 2.48 bits per heavy atom. The molecule has 0 unspecified atom stereocenters. The van der Waals surface area contributed by atoms with Crippen LogP contribution >= 0.6 is 11.6 Å². The predicted octanol–water partition coefficient (Wildman–Crippen LogP) is 3.87. The van der Waals surface area contributed by atoms with Crippen molar-refractivity contribution in [3.05, 3.63) is 69.5 Å². The number of aromatic nitrogens is 2. The van der Waals surface area contributed by atoms with Gasteiger partial charge in [-0.3, -0.25) is 19.4 Å². The van der Waals surface area contributed by atoms with E-state index in [1.807, 2.05) is 6.07 Å². The molecule has 9 heteroatoms. The fourth-order valence-electron chi connectivity index (χ4n) is 2.71. The van der Waals surface area contributed by atoms with Gasteiger partial charge in [0.25, 0.3) is 11.5 Å². The highest BCUT2D eigenvalue weighted by Crippen LogP contribution is 2.24. The Labute approximate surface area is 182 Å². The van der Waals surface area contributed by atoms with Crippen molar-refractivity contribution in [1.29, 1.82) is 5.26 Å². The van der Waals surface area contributed by atoms with Gasteiger partial charge in [-0.25, -0.2) is 4.98 Å². The second kappa shape index (κ2) is 9.24. The maximum absolute atomic E-state index is 12.4. The molecular formula is C22H18ClN5O3. The molecule has 0 radical (unpaired) electrons. The number of halogens is 1. The fourth-order valence-corrected chi connectivity index (χ4v) is 2.84. The SMILES string of the molecule is CC(C)C(=O)C(=O)Nc1cccc(-c2nc(Nc3ccc(Cl)cc3)[nH]c(=O)c2C#N)c1. The minimum atomic E-state index is -0.739. The number of hydrogen-bond donors (Lipinski definition) is 3. The Hall–Kier alpha value is -3.96. The average molecular weight is 436 g/mol. The summed E-state index contributed by atoms with van der Waals surface area (Å²) >= 11 is 5.88. The molecule has 1 amide bonds. The van der Waals surface area contributed by atoms with E-state index in [1.165, 1.54) is 0 Å². The molecule has 2 aromatic carbocycles. The van der Waals surface area contributed by atoms with Gasteiger partial charge in [-0.2, -0.15) is 5.26 Å². The van der Waals surface area contributed by atoms with Crippen LogP contribution in [0.4, 0.5) is 17.3 Å². The van der Waals surface area contributed by atoms with Gasteiger partial charge in [0.2, 0.25) is 11.7 Å². The molecule has 3 rings (SSSR count). The molecule has 0 bridgehead atoms. The number of carbonyl (C=O) groups is 2. The number of hydrogen-bond acceptors (Lipinski definition) is 6. The first-order valence-electron chi connectivity index (χ1n) is 9.31. The number of H-pyrrole nitrogens is 1. The van der Waals surface area contributed by atoms with Gasteiger partial charge in [-0.05, 0) is 36.4 Å². The molecule has 3 aromatic rings. The first kappa shape index (κ1) is 21.7. The van der Waals surface area contributed by atoms with Gasteiger partial charge in [0.1, 0.15) is 11.6 Å². The summed E-state index contributed by atoms with van der Waals surface area (Å²) in [7, 11) is 0. The van der Waals surface area contributed by atoms with Crippen LogP contribution in [0, 0.1) is 17.2 Å². The summed E-state index contributed by atoms with van der Waals surface area (Å²) in [6, 6.07) is 15.1. The molecule has 0 saturated carbocycles. The largest absolute Gasteiger partial charge is 0.326 e. The number of amides is 1. The first-order chi connectivity index (χ1) is 14.8. The Bertz CT molecular complexity index is 1240. The Balaban J connectivity index is 1.98. The van der Waals surface area contributed by atoms with E-state index >= 15 is 0 Å². The van der Waals surface area contributed by atoms with Gasteiger partial charge >= 0.3 is 0 Å². The van der Waals surface area contributed by atoms with Crippen LogP contribution in [0.25, 0.3) is 11.3 Å². The summed E-state index contributed by atoms with van der Waals surface area (Å²) in [6.45, 7) is 3.26. The molecule has 0 spiro atoms. The normalized spacial score (nSPS) is 10.4. The summed E-state index contributed by atoms with van der Waals surface area (Å²) in [6.07, 6.45) is 0. The molecule has 1 aromatic heterocycles. The van der Waals surface area contributed by atoms with Gasteiger partial charge in [0.15, 0.2) is 0 Å². The van der Waals surface area contributed by atoms with E-state index in [9.17, 15) is 19.6 Å². The predicted molar refractivity (Wildman–Crippen MR) is 118 cm³/mol. The van der Waals surface area contributed by atoms with Crippen LogP contribution in [0.15, 0.2) is 53.3 Å². The number of rotatable bonds is 6. The number of nitrogens with one attached hydrogen (secondary N) is 3. The van der Waals surface area contributed by atoms with Crippen molar-refractivity contribution in [2.24, 2.45) is 5.92 Å². The first-order valence-corrected chi connectivity index (χ1v) is 9.69. The van der Waals surface area contributed by atoms with Crippen molar-refractivity contribution in [3.63, 3.8) is 0 Å². The van der Waals surface area contributed by atoms with E-state index in [-0.39, 0.29) is 17.2 Å². The van der Waals surface area contributed by atoms with Gasteiger partial charge in [0, 0.05) is 27.9 Å². The van der Waals surface area contributed by atoms with Crippen molar-refractivity contribution in [3.8, 4) is 17.3 Å². The lowest BCUT2D eigenvalue weighted by Crippen LogP contribution is -2.26. The van der Waals surface area contributed by atoms with Crippen LogP contribution in [0.2, 0.25) is 5.02 Å². The molecular weight excluding hydrogens is 418 g/mol. The van der Waals surface area contributed by atoms with Crippen LogP contribution in [-0.4, -0.2) is 21.7 Å². The van der Waals surface area contributed by atoms with E-state index in [0.29, 0.717) is 22.0 Å². The summed E-state index contributed by atoms with van der Waals surface area (Å²) in [5.74, 6) is -1.60. The number of Topliss-reactive ketones (excluding diaryl/α,β-unsaturated/α-hetero) is 1. The summed E-state index contributed by atoms with van der Waals surface area (Å²) < 4.78 is 0. The molecule has 0 aliphatic rings. The minimum absolute atomic E-state index is 0.130. The number of benzene rings is 2. The average Bonchev–Trinajstić information content (AvgIpc) is 2.74. The van der Waals surface area contributed by atoms with E-state index in [1.54, 1.807) is 62.4 Å². The molecule has 0 atom stereocenters. The highest BCUT2D eigenvalue weighted by molar-refractivity contribution is 6.41. The van der Waals surface area contributed by atoms with Crippen LogP contribution in [-0.2, 0) is 9.59 Å². The monoisotopic (exact) mass is 435 g/mol. The zero-order valence-corrected chi connectivity index (χ0v) is 17.4. The zero-order valence-electron chi connectivity index (χ0n) is 16.7. The Morgan fingerprint density at radius 1 is 1.13 bits per heavy atom. The molecule has 1 heterocycles. The summed E-state index contributed by atoms with van der Waals surface area (Å²) in [5.41, 5.74) is 0.744. The van der Waals surface area contributed by atoms with Gasteiger partial charge in [-0.1, -0.05) is 37.6 Å². The quantitative estimate of drug-likeness (QED) is 0.504. The van der Waals surface area contributed by atoms with Crippen molar-refractivity contribution in [1.82, 2.24) is 9.97 Å². The third-order valence-electron chi connectivity index (χ3n) is 4.28. The lowest BCUT2D eigenvalue weighted by atomic mass is 10.1. The maximum atomic E-state index is 12.4. The lowest BCUT2D eigenvalue weighted by Gasteiger charge is -2.11. The topological polar surface area (TPSA) is 128 Å². The van der Waals surface area contributed by atoms with Gasteiger partial charge < -0.3 is 10.6 Å². The molecule has 31 heavy (non-hydrogen) atoms. The van der Waals surface area contributed by atoms with Crippen LogP contribution in [0.3, 0.4) is 0 Å². The van der Waals surface area contributed by atoms with Crippen LogP contribution < -0.4 is 16.2 Å². The second-order valence-corrected chi connectivity index (χ2v) is 7.37. The number of aromatic amines is 1. The van der Waals surface area contributed by atoms with Crippen molar-refractivity contribution >= 4 is 40.6 Å². The van der Waals surface area contributed by atoms with E-state index in [4.69, 9.17) is 11.6 Å². The molecule has 0 aliphatic heterocycles. The molecule has 0 saturated heterocycles. The maximum Gasteiger partial charge on any atom is 0.292 e. The molecule has 156 valence electrons. The van der Waals surface area contributed by atoms with Crippen molar-refractivity contribution in [2.45, 2.75) is 13.8 Å². The van der Waals surface area contributed by atoms with E-state index in [0.717, 1.165) is 0 Å². The third kappa shape index (κ3) is 5.15. The number of nitrogens with zero attached hydrogens (tertiary/aromatic N) is 2. The fraction of sp³-hybridized carbons (Fsp3) is 0.136. The number of nitriles is 1. The number of carbonyl (C=O) groups excluding carboxylic acids is 2. The summed E-state index contributed by atoms with van der Waals surface area (Å²) in [4.78, 5) is 43.3. The zero-order chi connectivity index (χ0) is 22.5. The molecule has 8 nitrogen and oxygen atoms in total.